The van der Waals surface area contributed by atoms with Crippen LogP contribution in [0.4, 0.5) is 4.79 Å². The quantitative estimate of drug-likeness (QED) is 0.803. The Balaban J connectivity index is 1.53. The van der Waals surface area contributed by atoms with Crippen molar-refractivity contribution in [1.82, 2.24) is 30.3 Å². The first-order valence-corrected chi connectivity index (χ1v) is 10.1. The highest BCUT2D eigenvalue weighted by atomic mass is 16.2. The van der Waals surface area contributed by atoms with E-state index in [1.807, 2.05) is 24.4 Å². The van der Waals surface area contributed by atoms with Gasteiger partial charge in [0.05, 0.1) is 0 Å². The molecule has 2 atom stereocenters. The molecule has 2 aromatic rings. The van der Waals surface area contributed by atoms with Crippen molar-refractivity contribution in [2.75, 3.05) is 19.6 Å². The molecule has 2 N–H and O–H groups in total. The summed E-state index contributed by atoms with van der Waals surface area (Å²) in [5.41, 5.74) is 0.841. The number of hydrogen-bond donors (Lipinski definition) is 2. The number of aromatic nitrogens is 3. The molecule has 0 bridgehead atoms. The lowest BCUT2D eigenvalue weighted by molar-refractivity contribution is 0.0472. The molecule has 152 valence electrons. The van der Waals surface area contributed by atoms with Gasteiger partial charge in [-0.05, 0) is 44.2 Å². The molecule has 2 amide bonds. The van der Waals surface area contributed by atoms with Gasteiger partial charge >= 0.3 is 6.03 Å². The van der Waals surface area contributed by atoms with Crippen LogP contribution in [-0.4, -0.2) is 50.9 Å². The van der Waals surface area contributed by atoms with Gasteiger partial charge in [-0.15, -0.1) is 0 Å². The summed E-state index contributed by atoms with van der Waals surface area (Å²) in [5.74, 6) is 2.12. The summed E-state index contributed by atoms with van der Waals surface area (Å²) in [6.07, 6.45) is 6.56. The number of pyridine rings is 1. The average molecular weight is 385 g/mol. The molecule has 28 heavy (non-hydrogen) atoms. The van der Waals surface area contributed by atoms with Gasteiger partial charge in [-0.3, -0.25) is 4.90 Å². The number of likely N-dealkylation sites (tertiary alicyclic amines) is 1. The van der Waals surface area contributed by atoms with E-state index in [2.05, 4.69) is 53.3 Å². The summed E-state index contributed by atoms with van der Waals surface area (Å²) in [7, 11) is 0. The number of amides is 2. The van der Waals surface area contributed by atoms with E-state index in [0.717, 1.165) is 24.5 Å². The molecule has 0 saturated carbocycles. The largest absolute Gasteiger partial charge is 0.336 e. The Bertz CT molecular complexity index is 763. The standard InChI is InChI=1S/C21H32N6O/c1-16-11-17(2)14-26(13-16)21(3,4)15-24-20(28)23-12-18-7-5-8-22-19(18)27-10-6-9-25-27/h5-10,16-17H,11-15H2,1-4H3,(H2,23,24,28). The Kier molecular flexibility index (Phi) is 6.34. The zero-order valence-electron chi connectivity index (χ0n) is 17.4. The smallest absolute Gasteiger partial charge is 0.315 e. The first-order chi connectivity index (χ1) is 13.3. The van der Waals surface area contributed by atoms with Gasteiger partial charge in [0.1, 0.15) is 0 Å². The monoisotopic (exact) mass is 384 g/mol. The summed E-state index contributed by atoms with van der Waals surface area (Å²) < 4.78 is 1.71. The Morgan fingerprint density at radius 1 is 1.18 bits per heavy atom. The second-order valence-corrected chi connectivity index (χ2v) is 8.64. The van der Waals surface area contributed by atoms with Crippen molar-refractivity contribution in [2.24, 2.45) is 11.8 Å². The van der Waals surface area contributed by atoms with Gasteiger partial charge in [0.25, 0.3) is 0 Å². The maximum atomic E-state index is 12.4. The van der Waals surface area contributed by atoms with Gasteiger partial charge < -0.3 is 10.6 Å². The fourth-order valence-corrected chi connectivity index (χ4v) is 3.97. The highest BCUT2D eigenvalue weighted by Crippen LogP contribution is 2.26. The molecule has 0 aliphatic carbocycles. The molecule has 0 spiro atoms. The predicted molar refractivity (Wildman–Crippen MR) is 110 cm³/mol. The number of piperidine rings is 1. The van der Waals surface area contributed by atoms with Gasteiger partial charge in [0, 0.05) is 55.9 Å². The Morgan fingerprint density at radius 2 is 1.93 bits per heavy atom. The van der Waals surface area contributed by atoms with Crippen molar-refractivity contribution in [2.45, 2.75) is 46.2 Å². The van der Waals surface area contributed by atoms with Gasteiger partial charge in [-0.2, -0.15) is 5.10 Å². The van der Waals surface area contributed by atoms with Gasteiger partial charge in [-0.25, -0.2) is 14.5 Å². The lowest BCUT2D eigenvalue weighted by Crippen LogP contribution is -2.56. The van der Waals surface area contributed by atoms with E-state index in [9.17, 15) is 4.79 Å². The number of rotatable bonds is 6. The minimum atomic E-state index is -0.165. The highest BCUT2D eigenvalue weighted by molar-refractivity contribution is 5.74. The van der Waals surface area contributed by atoms with Crippen molar-refractivity contribution in [3.63, 3.8) is 0 Å². The molecule has 1 aliphatic heterocycles. The molecule has 7 nitrogen and oxygen atoms in total. The molecular formula is C21H32N6O. The van der Waals surface area contributed by atoms with Crippen LogP contribution in [0, 0.1) is 11.8 Å². The molecule has 7 heteroatoms. The van der Waals surface area contributed by atoms with Crippen LogP contribution < -0.4 is 10.6 Å². The third-order valence-corrected chi connectivity index (χ3v) is 5.43. The summed E-state index contributed by atoms with van der Waals surface area (Å²) in [5, 5.41) is 10.2. The van der Waals surface area contributed by atoms with Crippen LogP contribution >= 0.6 is 0 Å². The van der Waals surface area contributed by atoms with E-state index < -0.39 is 0 Å². The molecule has 2 aromatic heterocycles. The minimum absolute atomic E-state index is 0.0746. The molecule has 3 rings (SSSR count). The Hall–Kier alpha value is -2.41. The van der Waals surface area contributed by atoms with Crippen molar-refractivity contribution in [3.8, 4) is 5.82 Å². The third kappa shape index (κ3) is 5.10. The summed E-state index contributed by atoms with van der Waals surface area (Å²) >= 11 is 0. The van der Waals surface area contributed by atoms with Crippen molar-refractivity contribution in [3.05, 3.63) is 42.4 Å². The maximum absolute atomic E-state index is 12.4. The van der Waals surface area contributed by atoms with E-state index >= 15 is 0 Å². The molecular weight excluding hydrogens is 352 g/mol. The predicted octanol–water partition coefficient (Wildman–Crippen LogP) is 2.82. The molecule has 1 saturated heterocycles. The zero-order valence-corrected chi connectivity index (χ0v) is 17.4. The minimum Gasteiger partial charge on any atom is -0.336 e. The molecule has 3 heterocycles. The summed E-state index contributed by atoms with van der Waals surface area (Å²) in [6.45, 7) is 12.2. The topological polar surface area (TPSA) is 75.1 Å². The number of urea groups is 1. The van der Waals surface area contributed by atoms with Crippen LogP contribution in [0.3, 0.4) is 0 Å². The number of nitrogens with zero attached hydrogens (tertiary/aromatic N) is 4. The third-order valence-electron chi connectivity index (χ3n) is 5.43. The SMILES string of the molecule is CC1CC(C)CN(C(C)(C)CNC(=O)NCc2cccnc2-n2cccn2)C1. The van der Waals surface area contributed by atoms with E-state index in [1.165, 1.54) is 6.42 Å². The van der Waals surface area contributed by atoms with Crippen LogP contribution in [0.15, 0.2) is 36.8 Å². The van der Waals surface area contributed by atoms with Gasteiger partial charge in [0.15, 0.2) is 5.82 Å². The summed E-state index contributed by atoms with van der Waals surface area (Å²) in [4.78, 5) is 19.3. The van der Waals surface area contributed by atoms with Crippen molar-refractivity contribution in [1.29, 1.82) is 0 Å². The highest BCUT2D eigenvalue weighted by Gasteiger charge is 2.32. The normalized spacial score (nSPS) is 20.7. The molecule has 1 aliphatic rings. The first kappa shape index (κ1) is 20.3. The molecule has 0 radical (unpaired) electrons. The van der Waals surface area contributed by atoms with Gasteiger partial charge in [-0.1, -0.05) is 19.9 Å². The lowest BCUT2D eigenvalue weighted by Gasteiger charge is -2.45. The second kappa shape index (κ2) is 8.73. The van der Waals surface area contributed by atoms with Crippen LogP contribution in [0.5, 0.6) is 0 Å². The van der Waals surface area contributed by atoms with Crippen LogP contribution in [0.2, 0.25) is 0 Å². The lowest BCUT2D eigenvalue weighted by atomic mass is 9.88. The van der Waals surface area contributed by atoms with Crippen LogP contribution in [0.1, 0.15) is 39.7 Å². The van der Waals surface area contributed by atoms with Crippen LogP contribution in [0.25, 0.3) is 5.82 Å². The van der Waals surface area contributed by atoms with E-state index in [1.54, 1.807) is 17.1 Å². The van der Waals surface area contributed by atoms with E-state index in [-0.39, 0.29) is 11.6 Å². The number of hydrogen-bond acceptors (Lipinski definition) is 4. The molecule has 2 unspecified atom stereocenters. The van der Waals surface area contributed by atoms with Gasteiger partial charge in [0.2, 0.25) is 0 Å². The van der Waals surface area contributed by atoms with E-state index in [4.69, 9.17) is 0 Å². The van der Waals surface area contributed by atoms with Crippen molar-refractivity contribution < 1.29 is 4.79 Å². The Morgan fingerprint density at radius 3 is 2.61 bits per heavy atom. The molecule has 1 fully saturated rings. The summed E-state index contributed by atoms with van der Waals surface area (Å²) in [6, 6.07) is 5.50. The second-order valence-electron chi connectivity index (χ2n) is 8.64. The Labute approximate surface area is 167 Å². The maximum Gasteiger partial charge on any atom is 0.315 e. The molecule has 0 aromatic carbocycles. The fourth-order valence-electron chi connectivity index (χ4n) is 3.97. The van der Waals surface area contributed by atoms with Crippen molar-refractivity contribution >= 4 is 6.03 Å². The zero-order chi connectivity index (χ0) is 20.1. The van der Waals surface area contributed by atoms with Crippen LogP contribution in [-0.2, 0) is 6.54 Å². The first-order valence-electron chi connectivity index (χ1n) is 10.1. The number of carbonyl (C=O) groups excluding carboxylic acids is 1. The number of nitrogens with one attached hydrogen (secondary N) is 2. The fraction of sp³-hybridized carbons (Fsp3) is 0.571. The average Bonchev–Trinajstić information content (AvgIpc) is 3.19. The van der Waals surface area contributed by atoms with E-state index in [0.29, 0.717) is 24.9 Å². The number of carbonyl (C=O) groups is 1.